The molecule has 5 nitrogen and oxygen atoms in total. The molecule has 0 radical (unpaired) electrons. The van der Waals surface area contributed by atoms with Gasteiger partial charge in [-0.3, -0.25) is 4.79 Å². The van der Waals surface area contributed by atoms with Crippen molar-refractivity contribution >= 4 is 27.3 Å². The molecule has 0 bridgehead atoms. The Morgan fingerprint density at radius 2 is 1.76 bits per heavy atom. The van der Waals surface area contributed by atoms with Gasteiger partial charge in [-0.1, -0.05) is 60.7 Å². The van der Waals surface area contributed by atoms with Gasteiger partial charge in [-0.15, -0.1) is 11.3 Å². The number of amides is 1. The van der Waals surface area contributed by atoms with E-state index < -0.39 is 16.1 Å². The Bertz CT molecular complexity index is 1080. The number of carbonyl (C=O) groups excluding carboxylic acids is 1. The van der Waals surface area contributed by atoms with Gasteiger partial charge < -0.3 is 5.32 Å². The second kappa shape index (κ2) is 8.49. The summed E-state index contributed by atoms with van der Waals surface area (Å²) >= 11 is 1.12. The van der Waals surface area contributed by atoms with Gasteiger partial charge in [0.05, 0.1) is 6.04 Å². The highest BCUT2D eigenvalue weighted by atomic mass is 32.2. The highest BCUT2D eigenvalue weighted by Gasteiger charge is 2.30. The fourth-order valence-corrected chi connectivity index (χ4v) is 5.90. The van der Waals surface area contributed by atoms with Gasteiger partial charge in [-0.05, 0) is 47.4 Å². The zero-order valence-electron chi connectivity index (χ0n) is 15.7. The number of rotatable bonds is 6. The van der Waals surface area contributed by atoms with Crippen LogP contribution in [0.2, 0.25) is 0 Å². The average Bonchev–Trinajstić information content (AvgIpc) is 3.29. The van der Waals surface area contributed by atoms with Crippen molar-refractivity contribution in [2.75, 3.05) is 0 Å². The molecule has 3 aromatic rings. The summed E-state index contributed by atoms with van der Waals surface area (Å²) in [6.45, 7) is 0. The van der Waals surface area contributed by atoms with Crippen LogP contribution < -0.4 is 10.0 Å². The first-order chi connectivity index (χ1) is 14.0. The van der Waals surface area contributed by atoms with Crippen molar-refractivity contribution in [2.45, 2.75) is 35.6 Å². The number of sulfonamides is 1. The second-order valence-corrected chi connectivity index (χ2v) is 9.94. The SMILES string of the molecule is O=C(N[C@@H]1CCCc2ccccc21)[C@@H](NS(=O)(=O)c1cccs1)c1ccccc1. The van der Waals surface area contributed by atoms with Gasteiger partial charge in [0, 0.05) is 0 Å². The van der Waals surface area contributed by atoms with Crippen LogP contribution in [0.4, 0.5) is 0 Å². The molecule has 0 saturated carbocycles. The van der Waals surface area contributed by atoms with Gasteiger partial charge >= 0.3 is 0 Å². The van der Waals surface area contributed by atoms with E-state index in [9.17, 15) is 13.2 Å². The van der Waals surface area contributed by atoms with Crippen molar-refractivity contribution in [3.63, 3.8) is 0 Å². The lowest BCUT2D eigenvalue weighted by atomic mass is 9.87. The normalized spacial score (nSPS) is 17.3. The first-order valence-corrected chi connectivity index (χ1v) is 11.9. The Hall–Kier alpha value is -2.48. The minimum absolute atomic E-state index is 0.120. The number of benzene rings is 2. The standard InChI is InChI=1S/C22H22N2O3S2/c25-22(23-19-13-6-11-16-8-4-5-12-18(16)19)21(17-9-2-1-3-10-17)24-29(26,27)20-14-7-15-28-20/h1-5,7-10,12,14-15,19,21,24H,6,11,13H2,(H,23,25)/t19-,21+/m1/s1. The third-order valence-corrected chi connectivity index (χ3v) is 7.93. The van der Waals surface area contributed by atoms with Crippen molar-refractivity contribution in [1.29, 1.82) is 0 Å². The van der Waals surface area contributed by atoms with E-state index in [4.69, 9.17) is 0 Å². The monoisotopic (exact) mass is 426 g/mol. The van der Waals surface area contributed by atoms with Crippen LogP contribution in [-0.4, -0.2) is 14.3 Å². The van der Waals surface area contributed by atoms with Gasteiger partial charge in [-0.2, -0.15) is 4.72 Å². The molecule has 1 aliphatic carbocycles. The summed E-state index contributed by atoms with van der Waals surface area (Å²) in [4.78, 5) is 13.2. The van der Waals surface area contributed by atoms with Crippen LogP contribution in [0.1, 0.15) is 41.6 Å². The molecule has 7 heteroatoms. The second-order valence-electron chi connectivity index (χ2n) is 7.05. The molecule has 1 aromatic heterocycles. The molecule has 0 unspecified atom stereocenters. The van der Waals surface area contributed by atoms with E-state index in [-0.39, 0.29) is 16.2 Å². The number of thiophene rings is 1. The van der Waals surface area contributed by atoms with Crippen molar-refractivity contribution in [2.24, 2.45) is 0 Å². The average molecular weight is 427 g/mol. The van der Waals surface area contributed by atoms with E-state index in [1.165, 1.54) is 11.6 Å². The summed E-state index contributed by atoms with van der Waals surface area (Å²) < 4.78 is 28.4. The summed E-state index contributed by atoms with van der Waals surface area (Å²) in [5.74, 6) is -0.349. The van der Waals surface area contributed by atoms with Crippen LogP contribution in [0.25, 0.3) is 0 Å². The van der Waals surface area contributed by atoms with E-state index in [1.54, 1.807) is 35.7 Å². The minimum atomic E-state index is -3.80. The fourth-order valence-electron chi connectivity index (χ4n) is 3.71. The molecule has 1 amide bonds. The van der Waals surface area contributed by atoms with Crippen molar-refractivity contribution in [3.8, 4) is 0 Å². The highest BCUT2D eigenvalue weighted by molar-refractivity contribution is 7.91. The molecule has 0 spiro atoms. The fraction of sp³-hybridized carbons (Fsp3) is 0.227. The molecule has 4 rings (SSSR count). The smallest absolute Gasteiger partial charge is 0.251 e. The molecule has 2 aromatic carbocycles. The molecule has 2 atom stereocenters. The van der Waals surface area contributed by atoms with E-state index >= 15 is 0 Å². The first-order valence-electron chi connectivity index (χ1n) is 9.53. The van der Waals surface area contributed by atoms with Gasteiger partial charge in [0.15, 0.2) is 0 Å². The first kappa shape index (κ1) is 19.8. The Kier molecular flexibility index (Phi) is 5.80. The summed E-state index contributed by atoms with van der Waals surface area (Å²) in [6.07, 6.45) is 2.82. The predicted molar refractivity (Wildman–Crippen MR) is 114 cm³/mol. The predicted octanol–water partition coefficient (Wildman–Crippen LogP) is 3.96. The molecule has 1 aliphatic rings. The lowest BCUT2D eigenvalue weighted by Gasteiger charge is -2.28. The maximum Gasteiger partial charge on any atom is 0.251 e. The Labute approximate surface area is 174 Å². The van der Waals surface area contributed by atoms with E-state index in [2.05, 4.69) is 16.1 Å². The largest absolute Gasteiger partial charge is 0.348 e. The lowest BCUT2D eigenvalue weighted by Crippen LogP contribution is -2.42. The summed E-state index contributed by atoms with van der Waals surface area (Å²) in [5, 5.41) is 4.78. The molecule has 29 heavy (non-hydrogen) atoms. The number of nitrogens with one attached hydrogen (secondary N) is 2. The lowest BCUT2D eigenvalue weighted by molar-refractivity contribution is -0.123. The number of hydrogen-bond acceptors (Lipinski definition) is 4. The number of hydrogen-bond donors (Lipinski definition) is 2. The topological polar surface area (TPSA) is 75.3 Å². The van der Waals surface area contributed by atoms with E-state index in [1.807, 2.05) is 24.3 Å². The van der Waals surface area contributed by atoms with Gasteiger partial charge in [-0.25, -0.2) is 8.42 Å². The molecule has 0 aliphatic heterocycles. The van der Waals surface area contributed by atoms with Crippen molar-refractivity contribution in [3.05, 3.63) is 88.8 Å². The Morgan fingerprint density at radius 1 is 1.00 bits per heavy atom. The maximum atomic E-state index is 13.2. The summed E-state index contributed by atoms with van der Waals surface area (Å²) in [7, 11) is -3.80. The van der Waals surface area contributed by atoms with Crippen molar-refractivity contribution < 1.29 is 13.2 Å². The third-order valence-electron chi connectivity index (χ3n) is 5.11. The third kappa shape index (κ3) is 4.42. The zero-order chi connectivity index (χ0) is 20.3. The van der Waals surface area contributed by atoms with Crippen LogP contribution in [0.3, 0.4) is 0 Å². The van der Waals surface area contributed by atoms with E-state index in [0.717, 1.165) is 36.2 Å². The number of aryl methyl sites for hydroxylation is 1. The Morgan fingerprint density at radius 3 is 2.52 bits per heavy atom. The maximum absolute atomic E-state index is 13.2. The van der Waals surface area contributed by atoms with E-state index in [0.29, 0.717) is 5.56 Å². The zero-order valence-corrected chi connectivity index (χ0v) is 17.4. The molecular formula is C22H22N2O3S2. The quantitative estimate of drug-likeness (QED) is 0.626. The number of carbonyl (C=O) groups is 1. The van der Waals surface area contributed by atoms with Crippen molar-refractivity contribution in [1.82, 2.24) is 10.0 Å². The van der Waals surface area contributed by atoms with Crippen LogP contribution in [-0.2, 0) is 21.2 Å². The number of fused-ring (bicyclic) bond motifs is 1. The highest BCUT2D eigenvalue weighted by Crippen LogP contribution is 2.30. The molecule has 2 N–H and O–H groups in total. The van der Waals surface area contributed by atoms with Gasteiger partial charge in [0.25, 0.3) is 10.0 Å². The molecule has 150 valence electrons. The summed E-state index contributed by atoms with van der Waals surface area (Å²) in [5.41, 5.74) is 2.95. The molecule has 0 saturated heterocycles. The van der Waals surface area contributed by atoms with Crippen LogP contribution in [0.5, 0.6) is 0 Å². The van der Waals surface area contributed by atoms with Crippen LogP contribution in [0.15, 0.2) is 76.3 Å². The molecule has 1 heterocycles. The Balaban J connectivity index is 1.61. The molecular weight excluding hydrogens is 404 g/mol. The summed E-state index contributed by atoms with van der Waals surface area (Å²) in [6, 6.07) is 19.1. The molecule has 0 fully saturated rings. The van der Waals surface area contributed by atoms with Crippen LogP contribution in [0, 0.1) is 0 Å². The van der Waals surface area contributed by atoms with Gasteiger partial charge in [0.2, 0.25) is 5.91 Å². The minimum Gasteiger partial charge on any atom is -0.348 e. The van der Waals surface area contributed by atoms with Gasteiger partial charge in [0.1, 0.15) is 10.3 Å². The van der Waals surface area contributed by atoms with Crippen LogP contribution >= 0.6 is 11.3 Å².